The van der Waals surface area contributed by atoms with Gasteiger partial charge in [0.25, 0.3) is 0 Å². The lowest BCUT2D eigenvalue weighted by Gasteiger charge is -2.18. The fourth-order valence-electron chi connectivity index (χ4n) is 1.52. The Morgan fingerprint density at radius 1 is 1.62 bits per heavy atom. The number of nitrogens with zero attached hydrogens (tertiary/aromatic N) is 1. The highest BCUT2D eigenvalue weighted by Crippen LogP contribution is 2.17. The number of carboxylic acid groups (broad SMARTS) is 1. The van der Waals surface area contributed by atoms with Crippen molar-refractivity contribution < 1.29 is 9.90 Å². The minimum absolute atomic E-state index is 0.296. The maximum atomic E-state index is 10.8. The number of hydrogen-bond acceptors (Lipinski definition) is 2. The van der Waals surface area contributed by atoms with Gasteiger partial charge in [-0.25, -0.2) is 4.79 Å². The van der Waals surface area contributed by atoms with Crippen LogP contribution in [-0.4, -0.2) is 28.6 Å². The van der Waals surface area contributed by atoms with Crippen molar-refractivity contribution in [1.29, 1.82) is 0 Å². The molecule has 13 heavy (non-hydrogen) atoms. The van der Waals surface area contributed by atoms with Crippen LogP contribution in [0.2, 0.25) is 0 Å². The Kier molecular flexibility index (Phi) is 3.34. The molecule has 1 heterocycles. The Balaban J connectivity index is 2.53. The number of allylic oxidation sites excluding steroid dienone is 1. The van der Waals surface area contributed by atoms with E-state index in [1.54, 1.807) is 0 Å². The lowest BCUT2D eigenvalue weighted by Crippen LogP contribution is -2.31. The monoisotopic (exact) mass is 183 g/mol. The van der Waals surface area contributed by atoms with Crippen molar-refractivity contribution >= 4 is 5.97 Å². The van der Waals surface area contributed by atoms with Gasteiger partial charge in [0.2, 0.25) is 0 Å². The quantitative estimate of drug-likeness (QED) is 0.724. The molecule has 3 heteroatoms. The normalized spacial score (nSPS) is 23.3. The van der Waals surface area contributed by atoms with E-state index in [4.69, 9.17) is 5.11 Å². The number of carboxylic acids is 1. The molecule has 0 aromatic heterocycles. The second-order valence-electron chi connectivity index (χ2n) is 3.82. The fraction of sp³-hybridized carbons (Fsp3) is 0.700. The average molecular weight is 183 g/mol. The highest BCUT2D eigenvalue weighted by molar-refractivity contribution is 5.74. The van der Waals surface area contributed by atoms with Gasteiger partial charge in [0.1, 0.15) is 6.04 Å². The molecule has 0 radical (unpaired) electrons. The van der Waals surface area contributed by atoms with Crippen LogP contribution < -0.4 is 0 Å². The summed E-state index contributed by atoms with van der Waals surface area (Å²) in [7, 11) is 0. The van der Waals surface area contributed by atoms with Crippen molar-refractivity contribution in [3.8, 4) is 0 Å². The number of aliphatic carboxylic acids is 1. The summed E-state index contributed by atoms with van der Waals surface area (Å²) in [4.78, 5) is 12.7. The predicted molar refractivity (Wildman–Crippen MR) is 51.3 cm³/mol. The van der Waals surface area contributed by atoms with E-state index in [0.717, 1.165) is 19.4 Å². The van der Waals surface area contributed by atoms with Gasteiger partial charge >= 0.3 is 5.97 Å². The van der Waals surface area contributed by atoms with Crippen molar-refractivity contribution in [2.24, 2.45) is 5.92 Å². The second-order valence-corrected chi connectivity index (χ2v) is 3.82. The van der Waals surface area contributed by atoms with Gasteiger partial charge in [-0.1, -0.05) is 19.9 Å². The van der Waals surface area contributed by atoms with Crippen LogP contribution in [0.5, 0.6) is 0 Å². The number of hydrogen-bond donors (Lipinski definition) is 1. The van der Waals surface area contributed by atoms with Crippen LogP contribution in [0.3, 0.4) is 0 Å². The summed E-state index contributed by atoms with van der Waals surface area (Å²) in [6.45, 7) is 5.05. The highest BCUT2D eigenvalue weighted by Gasteiger charge is 2.27. The van der Waals surface area contributed by atoms with Crippen LogP contribution in [0.15, 0.2) is 12.3 Å². The molecular formula is C10H17NO2. The fourth-order valence-corrected chi connectivity index (χ4v) is 1.52. The zero-order chi connectivity index (χ0) is 9.84. The van der Waals surface area contributed by atoms with Gasteiger partial charge < -0.3 is 10.0 Å². The van der Waals surface area contributed by atoms with Crippen LogP contribution >= 0.6 is 0 Å². The van der Waals surface area contributed by atoms with Gasteiger partial charge in [-0.2, -0.15) is 0 Å². The molecule has 0 aromatic carbocycles. The summed E-state index contributed by atoms with van der Waals surface area (Å²) < 4.78 is 0. The molecule has 0 saturated carbocycles. The molecule has 1 rings (SSSR count). The molecule has 1 fully saturated rings. The zero-order valence-electron chi connectivity index (χ0n) is 8.23. The van der Waals surface area contributed by atoms with Crippen LogP contribution in [0.4, 0.5) is 0 Å². The Labute approximate surface area is 79.0 Å². The SMILES string of the molecule is CC(C)/C=C/N1CCC[C@H]1C(=O)O. The van der Waals surface area contributed by atoms with Crippen molar-refractivity contribution in [2.75, 3.05) is 6.54 Å². The summed E-state index contributed by atoms with van der Waals surface area (Å²) in [6.07, 6.45) is 5.73. The number of likely N-dealkylation sites (tertiary alicyclic amines) is 1. The summed E-state index contributed by atoms with van der Waals surface area (Å²) in [6, 6.07) is -0.296. The Bertz CT molecular complexity index is 211. The first-order chi connectivity index (χ1) is 6.11. The third-order valence-electron chi connectivity index (χ3n) is 2.24. The van der Waals surface area contributed by atoms with E-state index in [1.807, 2.05) is 17.2 Å². The lowest BCUT2D eigenvalue weighted by atomic mass is 10.2. The molecule has 0 aliphatic carbocycles. The van der Waals surface area contributed by atoms with E-state index in [9.17, 15) is 4.79 Å². The first-order valence-corrected chi connectivity index (χ1v) is 4.78. The van der Waals surface area contributed by atoms with Gasteiger partial charge in [0.05, 0.1) is 0 Å². The zero-order valence-corrected chi connectivity index (χ0v) is 8.23. The average Bonchev–Trinajstić information content (AvgIpc) is 2.47. The van der Waals surface area contributed by atoms with Crippen molar-refractivity contribution in [2.45, 2.75) is 32.7 Å². The van der Waals surface area contributed by atoms with E-state index in [1.165, 1.54) is 0 Å². The molecule has 3 nitrogen and oxygen atoms in total. The van der Waals surface area contributed by atoms with Gasteiger partial charge in [-0.15, -0.1) is 0 Å². The third kappa shape index (κ3) is 2.76. The molecule has 0 spiro atoms. The predicted octanol–water partition coefficient (Wildman–Crippen LogP) is 1.71. The van der Waals surface area contributed by atoms with Gasteiger partial charge in [-0.3, -0.25) is 0 Å². The maximum Gasteiger partial charge on any atom is 0.326 e. The topological polar surface area (TPSA) is 40.5 Å². The first-order valence-electron chi connectivity index (χ1n) is 4.78. The summed E-state index contributed by atoms with van der Waals surface area (Å²) in [5.41, 5.74) is 0. The number of rotatable bonds is 3. The molecule has 0 unspecified atom stereocenters. The standard InChI is InChI=1S/C10H17NO2/c1-8(2)5-7-11-6-3-4-9(11)10(12)13/h5,7-9H,3-4,6H2,1-2H3,(H,12,13)/b7-5+/t9-/m0/s1. The summed E-state index contributed by atoms with van der Waals surface area (Å²) in [5, 5.41) is 8.87. The first kappa shape index (κ1) is 10.1. The van der Waals surface area contributed by atoms with E-state index < -0.39 is 5.97 Å². The minimum atomic E-state index is -0.703. The smallest absolute Gasteiger partial charge is 0.326 e. The lowest BCUT2D eigenvalue weighted by molar-refractivity contribution is -0.141. The van der Waals surface area contributed by atoms with Gasteiger partial charge in [0.15, 0.2) is 0 Å². The summed E-state index contributed by atoms with van der Waals surface area (Å²) in [5.74, 6) is -0.221. The van der Waals surface area contributed by atoms with Crippen molar-refractivity contribution in [3.63, 3.8) is 0 Å². The number of carbonyl (C=O) groups is 1. The minimum Gasteiger partial charge on any atom is -0.480 e. The van der Waals surface area contributed by atoms with E-state index in [0.29, 0.717) is 5.92 Å². The molecule has 1 aliphatic heterocycles. The van der Waals surface area contributed by atoms with E-state index in [2.05, 4.69) is 13.8 Å². The van der Waals surface area contributed by atoms with Crippen molar-refractivity contribution in [3.05, 3.63) is 12.3 Å². The molecule has 0 bridgehead atoms. The maximum absolute atomic E-state index is 10.8. The Morgan fingerprint density at radius 2 is 2.31 bits per heavy atom. The highest BCUT2D eigenvalue weighted by atomic mass is 16.4. The molecule has 1 aliphatic rings. The molecule has 0 aromatic rings. The molecule has 1 atom stereocenters. The summed E-state index contributed by atoms with van der Waals surface area (Å²) >= 11 is 0. The van der Waals surface area contributed by atoms with Crippen LogP contribution in [0.25, 0.3) is 0 Å². The van der Waals surface area contributed by atoms with Crippen molar-refractivity contribution in [1.82, 2.24) is 4.90 Å². The Morgan fingerprint density at radius 3 is 2.85 bits per heavy atom. The van der Waals surface area contributed by atoms with Crippen LogP contribution in [0, 0.1) is 5.92 Å². The van der Waals surface area contributed by atoms with Crippen LogP contribution in [-0.2, 0) is 4.79 Å². The molecular weight excluding hydrogens is 166 g/mol. The second kappa shape index (κ2) is 4.30. The van der Waals surface area contributed by atoms with E-state index >= 15 is 0 Å². The largest absolute Gasteiger partial charge is 0.480 e. The molecule has 1 saturated heterocycles. The molecule has 1 N–H and O–H groups in total. The third-order valence-corrected chi connectivity index (χ3v) is 2.24. The van der Waals surface area contributed by atoms with Gasteiger partial charge in [0, 0.05) is 6.54 Å². The van der Waals surface area contributed by atoms with E-state index in [-0.39, 0.29) is 6.04 Å². The molecule has 0 amide bonds. The van der Waals surface area contributed by atoms with Crippen LogP contribution in [0.1, 0.15) is 26.7 Å². The Hall–Kier alpha value is -0.990. The molecule has 74 valence electrons. The van der Waals surface area contributed by atoms with Gasteiger partial charge in [-0.05, 0) is 25.0 Å².